The average Bonchev–Trinajstić information content (AvgIpc) is 3.04. The average molecular weight is 298 g/mol. The van der Waals surface area contributed by atoms with Crippen molar-refractivity contribution in [3.63, 3.8) is 0 Å². The molecule has 1 aromatic carbocycles. The molecule has 1 aromatic heterocycles. The smallest absolute Gasteiger partial charge is 0.239 e. The minimum absolute atomic E-state index is 0.0475. The molecule has 5 nitrogen and oxygen atoms in total. The number of hydrogen-bond acceptors (Lipinski definition) is 3. The number of H-pyrrole nitrogens is 1. The van der Waals surface area contributed by atoms with Crippen LogP contribution in [-0.2, 0) is 4.79 Å². The third-order valence-corrected chi connectivity index (χ3v) is 4.36. The van der Waals surface area contributed by atoms with Crippen LogP contribution in [0, 0.1) is 0 Å². The van der Waals surface area contributed by atoms with E-state index in [1.807, 2.05) is 29.3 Å². The van der Waals surface area contributed by atoms with Crippen molar-refractivity contribution >= 4 is 5.91 Å². The number of piperidine rings is 1. The van der Waals surface area contributed by atoms with Crippen molar-refractivity contribution in [2.24, 2.45) is 5.73 Å². The second-order valence-corrected chi connectivity index (χ2v) is 5.95. The Morgan fingerprint density at radius 3 is 2.64 bits per heavy atom. The van der Waals surface area contributed by atoms with Gasteiger partial charge in [0.25, 0.3) is 0 Å². The predicted octanol–water partition coefficient (Wildman–Crippen LogP) is 2.13. The molecule has 1 saturated heterocycles. The fourth-order valence-corrected chi connectivity index (χ4v) is 3.13. The topological polar surface area (TPSA) is 75.0 Å². The number of aromatic nitrogens is 2. The maximum Gasteiger partial charge on any atom is 0.239 e. The summed E-state index contributed by atoms with van der Waals surface area (Å²) in [5, 5.41) is 7.39. The van der Waals surface area contributed by atoms with Gasteiger partial charge >= 0.3 is 0 Å². The first kappa shape index (κ1) is 14.8. The van der Waals surface area contributed by atoms with E-state index >= 15 is 0 Å². The molecule has 0 radical (unpaired) electrons. The number of aromatic amines is 1. The normalized spacial score (nSPS) is 17.5. The molecule has 1 atom stereocenters. The number of amides is 1. The fourth-order valence-electron chi connectivity index (χ4n) is 3.13. The lowest BCUT2D eigenvalue weighted by atomic mass is 9.89. The van der Waals surface area contributed by atoms with Gasteiger partial charge in [-0.3, -0.25) is 9.89 Å². The van der Waals surface area contributed by atoms with Crippen LogP contribution in [0.4, 0.5) is 0 Å². The summed E-state index contributed by atoms with van der Waals surface area (Å²) in [6.45, 7) is 3.27. The number of carbonyl (C=O) groups is 1. The Kier molecular flexibility index (Phi) is 4.24. The van der Waals surface area contributed by atoms with Gasteiger partial charge in [-0.1, -0.05) is 30.3 Å². The number of rotatable bonds is 3. The summed E-state index contributed by atoms with van der Waals surface area (Å²) in [5.74, 6) is 0.459. The van der Waals surface area contributed by atoms with Crippen LogP contribution in [0.1, 0.15) is 31.4 Å². The highest BCUT2D eigenvalue weighted by atomic mass is 16.2. The summed E-state index contributed by atoms with van der Waals surface area (Å²) in [6, 6.07) is 9.88. The standard InChI is InChI=1S/C17H22N4O/c1-12(18)17(22)21-9-7-14(8-10-21)16-15(11-19-20-16)13-5-3-2-4-6-13/h2-6,11-12,14H,7-10,18H2,1H3,(H,19,20)/t12-/m0/s1. The maximum absolute atomic E-state index is 12.0. The van der Waals surface area contributed by atoms with E-state index in [1.165, 1.54) is 11.3 Å². The number of nitrogens with two attached hydrogens (primary N) is 1. The Bertz CT molecular complexity index is 627. The molecule has 0 unspecified atom stereocenters. The van der Waals surface area contributed by atoms with Gasteiger partial charge in [0.2, 0.25) is 5.91 Å². The van der Waals surface area contributed by atoms with Crippen molar-refractivity contribution in [1.82, 2.24) is 15.1 Å². The van der Waals surface area contributed by atoms with Crippen LogP contribution in [0.3, 0.4) is 0 Å². The fraction of sp³-hybridized carbons (Fsp3) is 0.412. The highest BCUT2D eigenvalue weighted by Crippen LogP contribution is 2.33. The van der Waals surface area contributed by atoms with Gasteiger partial charge in [0.1, 0.15) is 0 Å². The molecule has 1 fully saturated rings. The number of nitrogens with zero attached hydrogens (tertiary/aromatic N) is 2. The van der Waals surface area contributed by atoms with Gasteiger partial charge in [0.15, 0.2) is 0 Å². The summed E-state index contributed by atoms with van der Waals surface area (Å²) in [4.78, 5) is 13.8. The van der Waals surface area contributed by atoms with E-state index in [-0.39, 0.29) is 5.91 Å². The van der Waals surface area contributed by atoms with Crippen LogP contribution in [0.15, 0.2) is 36.5 Å². The lowest BCUT2D eigenvalue weighted by molar-refractivity contribution is -0.133. The Hall–Kier alpha value is -2.14. The first-order valence-electron chi connectivity index (χ1n) is 7.80. The summed E-state index contributed by atoms with van der Waals surface area (Å²) in [7, 11) is 0. The van der Waals surface area contributed by atoms with Crippen molar-refractivity contribution in [2.45, 2.75) is 31.7 Å². The van der Waals surface area contributed by atoms with E-state index in [1.54, 1.807) is 6.92 Å². The molecule has 0 bridgehead atoms. The third-order valence-electron chi connectivity index (χ3n) is 4.36. The van der Waals surface area contributed by atoms with E-state index in [0.717, 1.165) is 31.5 Å². The van der Waals surface area contributed by atoms with Crippen LogP contribution >= 0.6 is 0 Å². The zero-order valence-corrected chi connectivity index (χ0v) is 12.8. The highest BCUT2D eigenvalue weighted by molar-refractivity contribution is 5.81. The number of likely N-dealkylation sites (tertiary alicyclic amines) is 1. The van der Waals surface area contributed by atoms with Crippen LogP contribution in [0.5, 0.6) is 0 Å². The maximum atomic E-state index is 12.0. The molecular formula is C17H22N4O. The number of benzene rings is 1. The largest absolute Gasteiger partial charge is 0.341 e. The lowest BCUT2D eigenvalue weighted by Gasteiger charge is -2.33. The van der Waals surface area contributed by atoms with Crippen molar-refractivity contribution in [3.8, 4) is 11.1 Å². The van der Waals surface area contributed by atoms with Gasteiger partial charge < -0.3 is 10.6 Å². The summed E-state index contributed by atoms with van der Waals surface area (Å²) in [6.07, 6.45) is 3.78. The van der Waals surface area contributed by atoms with Gasteiger partial charge in [0, 0.05) is 30.3 Å². The first-order valence-corrected chi connectivity index (χ1v) is 7.80. The van der Waals surface area contributed by atoms with Crippen LogP contribution in [0.25, 0.3) is 11.1 Å². The lowest BCUT2D eigenvalue weighted by Crippen LogP contribution is -2.45. The highest BCUT2D eigenvalue weighted by Gasteiger charge is 2.27. The molecule has 116 valence electrons. The molecule has 0 saturated carbocycles. The van der Waals surface area contributed by atoms with Crippen molar-refractivity contribution in [2.75, 3.05) is 13.1 Å². The summed E-state index contributed by atoms with van der Waals surface area (Å²) < 4.78 is 0. The van der Waals surface area contributed by atoms with Crippen LogP contribution in [0.2, 0.25) is 0 Å². The van der Waals surface area contributed by atoms with E-state index < -0.39 is 6.04 Å². The first-order chi connectivity index (χ1) is 10.7. The van der Waals surface area contributed by atoms with E-state index in [0.29, 0.717) is 5.92 Å². The van der Waals surface area contributed by atoms with Gasteiger partial charge in [-0.25, -0.2) is 0 Å². The Morgan fingerprint density at radius 1 is 1.32 bits per heavy atom. The predicted molar refractivity (Wildman–Crippen MR) is 86.2 cm³/mol. The monoisotopic (exact) mass is 298 g/mol. The molecule has 22 heavy (non-hydrogen) atoms. The summed E-state index contributed by atoms with van der Waals surface area (Å²) in [5.41, 5.74) is 9.21. The van der Waals surface area contributed by atoms with Gasteiger partial charge in [0.05, 0.1) is 12.2 Å². The molecule has 2 aromatic rings. The quantitative estimate of drug-likeness (QED) is 0.911. The molecule has 3 N–H and O–H groups in total. The zero-order valence-electron chi connectivity index (χ0n) is 12.8. The van der Waals surface area contributed by atoms with Crippen molar-refractivity contribution in [3.05, 3.63) is 42.2 Å². The SMILES string of the molecule is C[C@H](N)C(=O)N1CCC(c2[nH]ncc2-c2ccccc2)CC1. The van der Waals surface area contributed by atoms with E-state index in [2.05, 4.69) is 22.3 Å². The second kappa shape index (κ2) is 6.32. The Morgan fingerprint density at radius 2 is 2.00 bits per heavy atom. The third kappa shape index (κ3) is 2.90. The molecule has 1 aliphatic rings. The Labute approximate surface area is 130 Å². The van der Waals surface area contributed by atoms with Gasteiger partial charge in [-0.05, 0) is 25.3 Å². The molecule has 0 spiro atoms. The molecule has 0 aliphatic carbocycles. The second-order valence-electron chi connectivity index (χ2n) is 5.95. The molecule has 1 aliphatic heterocycles. The van der Waals surface area contributed by atoms with Gasteiger partial charge in [-0.15, -0.1) is 0 Å². The zero-order chi connectivity index (χ0) is 15.5. The number of hydrogen-bond donors (Lipinski definition) is 2. The summed E-state index contributed by atoms with van der Waals surface area (Å²) >= 11 is 0. The van der Waals surface area contributed by atoms with E-state index in [4.69, 9.17) is 5.73 Å². The number of carbonyl (C=O) groups excluding carboxylic acids is 1. The molecule has 3 rings (SSSR count). The van der Waals surface area contributed by atoms with E-state index in [9.17, 15) is 4.79 Å². The molecule has 5 heteroatoms. The van der Waals surface area contributed by atoms with Crippen LogP contribution in [-0.4, -0.2) is 40.1 Å². The van der Waals surface area contributed by atoms with Crippen molar-refractivity contribution in [1.29, 1.82) is 0 Å². The molecular weight excluding hydrogens is 276 g/mol. The number of nitrogens with one attached hydrogen (secondary N) is 1. The molecule has 2 heterocycles. The minimum atomic E-state index is -0.413. The Balaban J connectivity index is 1.73. The van der Waals surface area contributed by atoms with Crippen molar-refractivity contribution < 1.29 is 4.79 Å². The van der Waals surface area contributed by atoms with Gasteiger partial charge in [-0.2, -0.15) is 5.10 Å². The molecule has 1 amide bonds. The van der Waals surface area contributed by atoms with Crippen LogP contribution < -0.4 is 5.73 Å². The minimum Gasteiger partial charge on any atom is -0.341 e.